The maximum absolute atomic E-state index is 10.8. The van der Waals surface area contributed by atoms with Crippen molar-refractivity contribution in [1.82, 2.24) is 0 Å². The Kier molecular flexibility index (Phi) is 3.85. The molecule has 0 saturated carbocycles. The highest BCUT2D eigenvalue weighted by Crippen LogP contribution is 2.15. The van der Waals surface area contributed by atoms with E-state index in [0.29, 0.717) is 12.8 Å². The first kappa shape index (κ1) is 11.2. The number of hydrogen-bond acceptors (Lipinski definition) is 3. The quantitative estimate of drug-likeness (QED) is 0.581. The van der Waals surface area contributed by atoms with E-state index in [1.54, 1.807) is 12.1 Å². The lowest BCUT2D eigenvalue weighted by atomic mass is 10.2. The number of carbonyl (C=O) groups excluding carboxylic acids is 1. The molecule has 1 atom stereocenters. The summed E-state index contributed by atoms with van der Waals surface area (Å²) < 4.78 is 0. The maximum Gasteiger partial charge on any atom is 0.333 e. The predicted molar refractivity (Wildman–Crippen MR) is 56.9 cm³/mol. The molecule has 4 heteroatoms. The Morgan fingerprint density at radius 2 is 2.07 bits per heavy atom. The molecule has 0 amide bonds. The van der Waals surface area contributed by atoms with Gasteiger partial charge in [0.05, 0.1) is 0 Å². The first-order chi connectivity index (χ1) is 7.20. The number of carboxylic acid groups (broad SMARTS) is 1. The molecule has 0 aliphatic rings. The van der Waals surface area contributed by atoms with Crippen LogP contribution in [-0.4, -0.2) is 29.9 Å². The Morgan fingerprint density at radius 3 is 2.47 bits per heavy atom. The number of carboxylic acids is 1. The second kappa shape index (κ2) is 5.14. The van der Waals surface area contributed by atoms with E-state index in [-0.39, 0.29) is 0 Å². The van der Waals surface area contributed by atoms with Crippen LogP contribution in [0.4, 0.5) is 5.69 Å². The lowest BCUT2D eigenvalue weighted by Crippen LogP contribution is -2.42. The first-order valence-electron chi connectivity index (χ1n) is 4.70. The van der Waals surface area contributed by atoms with Crippen LogP contribution in [0, 0.1) is 0 Å². The number of benzene rings is 1. The van der Waals surface area contributed by atoms with E-state index in [4.69, 9.17) is 5.11 Å². The zero-order valence-electron chi connectivity index (χ0n) is 8.46. The van der Waals surface area contributed by atoms with Crippen molar-refractivity contribution in [3.8, 4) is 0 Å². The van der Waals surface area contributed by atoms with Gasteiger partial charge >= 0.3 is 5.97 Å². The minimum Gasteiger partial charge on any atom is -0.479 e. The smallest absolute Gasteiger partial charge is 0.333 e. The molecule has 0 aromatic heterocycles. The third kappa shape index (κ3) is 2.56. The Morgan fingerprint density at radius 1 is 1.47 bits per heavy atom. The standard InChI is InChI=1S/C11H13NO3/c1-2-12(10(8-13)11(14)15)9-6-4-3-5-7-9/h3-8,10H,2H2,1H3,(H,14,15). The number of aldehydes is 1. The average Bonchev–Trinajstić information content (AvgIpc) is 2.26. The van der Waals surface area contributed by atoms with E-state index in [2.05, 4.69) is 0 Å². The monoisotopic (exact) mass is 207 g/mol. The normalized spacial score (nSPS) is 11.8. The Hall–Kier alpha value is -1.84. The van der Waals surface area contributed by atoms with Gasteiger partial charge in [0.1, 0.15) is 0 Å². The minimum atomic E-state index is -1.13. The van der Waals surface area contributed by atoms with Crippen LogP contribution in [0.15, 0.2) is 30.3 Å². The number of carbonyl (C=O) groups is 2. The van der Waals surface area contributed by atoms with Crippen molar-refractivity contribution in [2.45, 2.75) is 13.0 Å². The van der Waals surface area contributed by atoms with Gasteiger partial charge in [-0.15, -0.1) is 0 Å². The Bertz CT molecular complexity index is 337. The molecule has 4 nitrogen and oxygen atoms in total. The molecule has 1 N–H and O–H groups in total. The van der Waals surface area contributed by atoms with Gasteiger partial charge in [-0.2, -0.15) is 0 Å². The summed E-state index contributed by atoms with van der Waals surface area (Å²) in [7, 11) is 0. The zero-order valence-corrected chi connectivity index (χ0v) is 8.46. The fourth-order valence-electron chi connectivity index (χ4n) is 1.42. The SMILES string of the molecule is CCN(c1ccccc1)C(C=O)C(=O)O. The molecule has 0 spiro atoms. The van der Waals surface area contributed by atoms with E-state index < -0.39 is 12.0 Å². The first-order valence-corrected chi connectivity index (χ1v) is 4.70. The zero-order chi connectivity index (χ0) is 11.3. The summed E-state index contributed by atoms with van der Waals surface area (Å²) >= 11 is 0. The second-order valence-corrected chi connectivity index (χ2v) is 3.04. The average molecular weight is 207 g/mol. The van der Waals surface area contributed by atoms with Gasteiger partial charge < -0.3 is 14.8 Å². The van der Waals surface area contributed by atoms with Crippen LogP contribution >= 0.6 is 0 Å². The van der Waals surface area contributed by atoms with Crippen LogP contribution in [0.1, 0.15) is 6.92 Å². The highest BCUT2D eigenvalue weighted by Gasteiger charge is 2.23. The molecule has 0 aliphatic carbocycles. The molecule has 0 saturated heterocycles. The summed E-state index contributed by atoms with van der Waals surface area (Å²) in [6, 6.07) is 7.90. The number of hydrogen-bond donors (Lipinski definition) is 1. The number of aliphatic carboxylic acids is 1. The predicted octanol–water partition coefficient (Wildman–Crippen LogP) is 1.17. The molecule has 1 aromatic rings. The van der Waals surface area contributed by atoms with Gasteiger partial charge in [-0.25, -0.2) is 4.79 Å². The van der Waals surface area contributed by atoms with Gasteiger partial charge in [-0.05, 0) is 19.1 Å². The highest BCUT2D eigenvalue weighted by atomic mass is 16.4. The summed E-state index contributed by atoms with van der Waals surface area (Å²) in [5.41, 5.74) is 0.736. The van der Waals surface area contributed by atoms with Crippen LogP contribution in [0.3, 0.4) is 0 Å². The molecule has 1 aromatic carbocycles. The fraction of sp³-hybridized carbons (Fsp3) is 0.273. The van der Waals surface area contributed by atoms with Gasteiger partial charge in [0, 0.05) is 12.2 Å². The van der Waals surface area contributed by atoms with E-state index in [9.17, 15) is 9.59 Å². The van der Waals surface area contributed by atoms with Crippen LogP contribution in [-0.2, 0) is 9.59 Å². The van der Waals surface area contributed by atoms with Crippen molar-refractivity contribution in [3.63, 3.8) is 0 Å². The molecular weight excluding hydrogens is 194 g/mol. The third-order valence-electron chi connectivity index (χ3n) is 2.15. The van der Waals surface area contributed by atoms with E-state index in [0.717, 1.165) is 5.69 Å². The van der Waals surface area contributed by atoms with Crippen LogP contribution < -0.4 is 4.90 Å². The van der Waals surface area contributed by atoms with Crippen molar-refractivity contribution in [1.29, 1.82) is 0 Å². The van der Waals surface area contributed by atoms with Crippen molar-refractivity contribution >= 4 is 17.9 Å². The fourth-order valence-corrected chi connectivity index (χ4v) is 1.42. The Labute approximate surface area is 88.1 Å². The molecule has 1 unspecified atom stereocenters. The topological polar surface area (TPSA) is 57.6 Å². The molecule has 0 bridgehead atoms. The number of para-hydroxylation sites is 1. The van der Waals surface area contributed by atoms with E-state index in [1.165, 1.54) is 4.90 Å². The molecule has 80 valence electrons. The number of nitrogens with zero attached hydrogens (tertiary/aromatic N) is 1. The van der Waals surface area contributed by atoms with Crippen LogP contribution in [0.2, 0.25) is 0 Å². The highest BCUT2D eigenvalue weighted by molar-refractivity contribution is 5.94. The van der Waals surface area contributed by atoms with Gasteiger partial charge in [0.15, 0.2) is 12.3 Å². The summed E-state index contributed by atoms with van der Waals surface area (Å²) in [5, 5.41) is 8.86. The largest absolute Gasteiger partial charge is 0.479 e. The lowest BCUT2D eigenvalue weighted by molar-refractivity contribution is -0.140. The number of likely N-dealkylation sites (N-methyl/N-ethyl adjacent to an activating group) is 1. The number of rotatable bonds is 5. The van der Waals surface area contributed by atoms with Crippen molar-refractivity contribution in [3.05, 3.63) is 30.3 Å². The van der Waals surface area contributed by atoms with Crippen molar-refractivity contribution in [2.75, 3.05) is 11.4 Å². The van der Waals surface area contributed by atoms with Crippen LogP contribution in [0.5, 0.6) is 0 Å². The van der Waals surface area contributed by atoms with E-state index >= 15 is 0 Å². The molecular formula is C11H13NO3. The van der Waals surface area contributed by atoms with E-state index in [1.807, 2.05) is 25.1 Å². The minimum absolute atomic E-state index is 0.443. The summed E-state index contributed by atoms with van der Waals surface area (Å²) in [5.74, 6) is -1.13. The van der Waals surface area contributed by atoms with Gasteiger partial charge in [-0.3, -0.25) is 0 Å². The van der Waals surface area contributed by atoms with Crippen molar-refractivity contribution < 1.29 is 14.7 Å². The third-order valence-corrected chi connectivity index (χ3v) is 2.15. The van der Waals surface area contributed by atoms with Gasteiger partial charge in [0.25, 0.3) is 0 Å². The van der Waals surface area contributed by atoms with Crippen LogP contribution in [0.25, 0.3) is 0 Å². The maximum atomic E-state index is 10.8. The number of anilines is 1. The Balaban J connectivity index is 2.97. The summed E-state index contributed by atoms with van der Waals surface area (Å²) in [6.07, 6.45) is 0.443. The molecule has 0 fully saturated rings. The summed E-state index contributed by atoms with van der Waals surface area (Å²) in [6.45, 7) is 2.28. The molecule has 1 rings (SSSR count). The lowest BCUT2D eigenvalue weighted by Gasteiger charge is -2.25. The molecule has 15 heavy (non-hydrogen) atoms. The molecule has 0 heterocycles. The van der Waals surface area contributed by atoms with Gasteiger partial charge in [0.2, 0.25) is 0 Å². The second-order valence-electron chi connectivity index (χ2n) is 3.04. The molecule has 0 aliphatic heterocycles. The van der Waals surface area contributed by atoms with Crippen molar-refractivity contribution in [2.24, 2.45) is 0 Å². The summed E-state index contributed by atoms with van der Waals surface area (Å²) in [4.78, 5) is 23.1. The molecule has 0 radical (unpaired) electrons. The van der Waals surface area contributed by atoms with Gasteiger partial charge in [-0.1, -0.05) is 18.2 Å².